The number of benzene rings is 1. The van der Waals surface area contributed by atoms with Crippen LogP contribution < -0.4 is 0 Å². The second-order valence-electron chi connectivity index (χ2n) is 5.23. The van der Waals surface area contributed by atoms with Crippen molar-refractivity contribution in [3.05, 3.63) is 29.8 Å². The first-order valence-corrected chi connectivity index (χ1v) is 8.05. The quantitative estimate of drug-likeness (QED) is 0.842. The summed E-state index contributed by atoms with van der Waals surface area (Å²) in [5, 5.41) is 18.9. The topological polar surface area (TPSA) is 60.8 Å². The van der Waals surface area contributed by atoms with Crippen molar-refractivity contribution < 1.29 is 15.0 Å². The van der Waals surface area contributed by atoms with Crippen LogP contribution in [-0.2, 0) is 0 Å². The molecule has 0 bridgehead atoms. The van der Waals surface area contributed by atoms with Crippen LogP contribution in [0.15, 0.2) is 29.2 Å². The fraction of sp³-hybridized carbons (Fsp3) is 0.533. The third-order valence-electron chi connectivity index (χ3n) is 4.29. The Kier molecular flexibility index (Phi) is 4.94. The first-order valence-electron chi connectivity index (χ1n) is 6.82. The number of hydrogen-bond donors (Lipinski definition) is 2. The number of hydrogen-bond acceptors (Lipinski definition) is 3. The average Bonchev–Trinajstić information content (AvgIpc) is 2.46. The van der Waals surface area contributed by atoms with Crippen molar-refractivity contribution in [1.82, 2.24) is 4.90 Å². The van der Waals surface area contributed by atoms with Crippen molar-refractivity contribution in [2.75, 3.05) is 19.4 Å². The summed E-state index contributed by atoms with van der Waals surface area (Å²) in [5.41, 5.74) is 1.20. The fourth-order valence-corrected chi connectivity index (χ4v) is 3.57. The van der Waals surface area contributed by atoms with Crippen molar-refractivity contribution in [2.24, 2.45) is 5.92 Å². The summed E-state index contributed by atoms with van der Waals surface area (Å²) in [6.45, 7) is 2.43. The highest BCUT2D eigenvalue weighted by Crippen LogP contribution is 2.37. The minimum absolute atomic E-state index is 0.0130. The molecule has 0 saturated carbocycles. The van der Waals surface area contributed by atoms with E-state index in [1.807, 2.05) is 19.2 Å². The fourth-order valence-electron chi connectivity index (χ4n) is 3.10. The lowest BCUT2D eigenvalue weighted by molar-refractivity contribution is 0.0493. The van der Waals surface area contributed by atoms with E-state index in [1.165, 1.54) is 15.4 Å². The SMILES string of the molecule is CSc1cccc(C2CCN(C(=O)O)[C@H](C)[C@H]2CO)c1. The van der Waals surface area contributed by atoms with Crippen molar-refractivity contribution >= 4 is 17.9 Å². The molecule has 1 aromatic rings. The van der Waals surface area contributed by atoms with Gasteiger partial charge in [0.05, 0.1) is 0 Å². The summed E-state index contributed by atoms with van der Waals surface area (Å²) in [6.07, 6.45) is 1.91. The maximum absolute atomic E-state index is 11.2. The maximum Gasteiger partial charge on any atom is 0.407 e. The van der Waals surface area contributed by atoms with E-state index in [0.717, 1.165) is 6.42 Å². The lowest BCUT2D eigenvalue weighted by Gasteiger charge is -2.42. The third-order valence-corrected chi connectivity index (χ3v) is 5.01. The zero-order chi connectivity index (χ0) is 14.7. The van der Waals surface area contributed by atoms with Crippen LogP contribution >= 0.6 is 11.8 Å². The number of carbonyl (C=O) groups is 1. The number of nitrogens with zero attached hydrogens (tertiary/aromatic N) is 1. The molecule has 1 unspecified atom stereocenters. The van der Waals surface area contributed by atoms with E-state index >= 15 is 0 Å². The normalized spacial score (nSPS) is 26.6. The average molecular weight is 295 g/mol. The van der Waals surface area contributed by atoms with E-state index < -0.39 is 6.09 Å². The first kappa shape index (κ1) is 15.2. The second kappa shape index (κ2) is 6.50. The number of thioether (sulfide) groups is 1. The van der Waals surface area contributed by atoms with Gasteiger partial charge in [-0.25, -0.2) is 4.79 Å². The number of rotatable bonds is 3. The van der Waals surface area contributed by atoms with Crippen molar-refractivity contribution in [3.8, 4) is 0 Å². The van der Waals surface area contributed by atoms with Gasteiger partial charge in [-0.2, -0.15) is 0 Å². The molecule has 4 nitrogen and oxygen atoms in total. The molecule has 1 fully saturated rings. The Hall–Kier alpha value is -1.20. The minimum Gasteiger partial charge on any atom is -0.465 e. The molecule has 1 aliphatic rings. The summed E-state index contributed by atoms with van der Waals surface area (Å²) in [6, 6.07) is 8.17. The van der Waals surface area contributed by atoms with Crippen LogP contribution in [0.2, 0.25) is 0 Å². The van der Waals surface area contributed by atoms with Crippen LogP contribution in [0.4, 0.5) is 4.79 Å². The summed E-state index contributed by atoms with van der Waals surface area (Å²) in [5.74, 6) is 0.176. The number of likely N-dealkylation sites (tertiary alicyclic amines) is 1. The molecule has 1 heterocycles. The van der Waals surface area contributed by atoms with E-state index in [1.54, 1.807) is 11.8 Å². The zero-order valence-corrected chi connectivity index (χ0v) is 12.6. The smallest absolute Gasteiger partial charge is 0.407 e. The van der Waals surface area contributed by atoms with E-state index in [9.17, 15) is 15.0 Å². The summed E-state index contributed by atoms with van der Waals surface area (Å²) < 4.78 is 0. The third kappa shape index (κ3) is 2.94. The number of amides is 1. The molecule has 20 heavy (non-hydrogen) atoms. The first-order chi connectivity index (χ1) is 9.58. The Morgan fingerprint density at radius 2 is 2.25 bits per heavy atom. The lowest BCUT2D eigenvalue weighted by atomic mass is 9.77. The highest BCUT2D eigenvalue weighted by atomic mass is 32.2. The van der Waals surface area contributed by atoms with Gasteiger partial charge in [-0.15, -0.1) is 11.8 Å². The van der Waals surface area contributed by atoms with Crippen LogP contribution in [0.3, 0.4) is 0 Å². The predicted molar refractivity (Wildman–Crippen MR) is 80.3 cm³/mol. The van der Waals surface area contributed by atoms with Crippen molar-refractivity contribution in [1.29, 1.82) is 0 Å². The molecule has 1 aromatic carbocycles. The predicted octanol–water partition coefficient (Wildman–Crippen LogP) is 2.87. The molecule has 2 N–H and O–H groups in total. The van der Waals surface area contributed by atoms with Gasteiger partial charge < -0.3 is 15.1 Å². The van der Waals surface area contributed by atoms with Crippen LogP contribution in [0, 0.1) is 5.92 Å². The van der Waals surface area contributed by atoms with Crippen molar-refractivity contribution in [2.45, 2.75) is 30.2 Å². The lowest BCUT2D eigenvalue weighted by Crippen LogP contribution is -2.50. The number of aliphatic hydroxyl groups is 1. The Morgan fingerprint density at radius 3 is 2.85 bits per heavy atom. The van der Waals surface area contributed by atoms with Gasteiger partial charge in [-0.05, 0) is 43.2 Å². The van der Waals surface area contributed by atoms with Gasteiger partial charge in [-0.3, -0.25) is 0 Å². The van der Waals surface area contributed by atoms with Gasteiger partial charge in [-0.1, -0.05) is 12.1 Å². The van der Waals surface area contributed by atoms with E-state index in [2.05, 4.69) is 18.2 Å². The van der Waals surface area contributed by atoms with E-state index in [-0.39, 0.29) is 24.5 Å². The maximum atomic E-state index is 11.2. The summed E-state index contributed by atoms with van der Waals surface area (Å²) in [4.78, 5) is 13.9. The molecule has 0 spiro atoms. The summed E-state index contributed by atoms with van der Waals surface area (Å²) >= 11 is 1.69. The van der Waals surface area contributed by atoms with E-state index in [0.29, 0.717) is 6.54 Å². The molecule has 3 atom stereocenters. The van der Waals surface area contributed by atoms with Gasteiger partial charge in [0, 0.05) is 30.0 Å². The molecule has 0 aromatic heterocycles. The van der Waals surface area contributed by atoms with Crippen LogP contribution in [0.25, 0.3) is 0 Å². The van der Waals surface area contributed by atoms with Gasteiger partial charge in [0.15, 0.2) is 0 Å². The number of carboxylic acid groups (broad SMARTS) is 1. The summed E-state index contributed by atoms with van der Waals surface area (Å²) in [7, 11) is 0. The van der Waals surface area contributed by atoms with Crippen LogP contribution in [0.1, 0.15) is 24.8 Å². The standard InChI is InChI=1S/C15H21NO3S/c1-10-14(9-17)13(6-7-16(10)15(18)19)11-4-3-5-12(8-11)20-2/h3-5,8,10,13-14,17H,6-7,9H2,1-2H3,(H,18,19)/t10-,13?,14-/m1/s1. The molecule has 1 saturated heterocycles. The molecule has 5 heteroatoms. The Balaban J connectivity index is 2.25. The van der Waals surface area contributed by atoms with E-state index in [4.69, 9.17) is 0 Å². The Bertz CT molecular complexity index is 480. The second-order valence-corrected chi connectivity index (χ2v) is 6.11. The minimum atomic E-state index is -0.896. The van der Waals surface area contributed by atoms with Crippen molar-refractivity contribution in [3.63, 3.8) is 0 Å². The van der Waals surface area contributed by atoms with Gasteiger partial charge >= 0.3 is 6.09 Å². The van der Waals surface area contributed by atoms with Crippen LogP contribution in [0.5, 0.6) is 0 Å². The largest absolute Gasteiger partial charge is 0.465 e. The molecule has 1 amide bonds. The van der Waals surface area contributed by atoms with Gasteiger partial charge in [0.25, 0.3) is 0 Å². The number of aliphatic hydroxyl groups excluding tert-OH is 1. The van der Waals surface area contributed by atoms with Gasteiger partial charge in [0.2, 0.25) is 0 Å². The Morgan fingerprint density at radius 1 is 1.50 bits per heavy atom. The molecule has 1 aliphatic heterocycles. The Labute approximate surface area is 123 Å². The highest BCUT2D eigenvalue weighted by molar-refractivity contribution is 7.98. The van der Waals surface area contributed by atoms with Crippen LogP contribution in [-0.4, -0.2) is 46.7 Å². The molecular weight excluding hydrogens is 274 g/mol. The monoisotopic (exact) mass is 295 g/mol. The highest BCUT2D eigenvalue weighted by Gasteiger charge is 2.37. The molecule has 2 rings (SSSR count). The molecular formula is C15H21NO3S. The number of piperidine rings is 1. The van der Waals surface area contributed by atoms with Gasteiger partial charge in [0.1, 0.15) is 0 Å². The molecule has 0 radical (unpaired) electrons. The zero-order valence-electron chi connectivity index (χ0n) is 11.8. The molecule has 110 valence electrons. The molecule has 0 aliphatic carbocycles.